The lowest BCUT2D eigenvalue weighted by atomic mass is 10.2. The van der Waals surface area contributed by atoms with Crippen LogP contribution >= 0.6 is 0 Å². The molecule has 0 aliphatic carbocycles. The Hall–Kier alpha value is -2.58. The zero-order valence-corrected chi connectivity index (χ0v) is 12.7. The SMILES string of the molecule is O=C(c1cccc(F)c1)N1CCCN(c2nnc(C(F)F)o2)CC1. The van der Waals surface area contributed by atoms with Gasteiger partial charge in [-0.05, 0) is 24.6 Å². The van der Waals surface area contributed by atoms with E-state index < -0.39 is 18.1 Å². The first kappa shape index (κ1) is 16.3. The molecule has 6 nitrogen and oxygen atoms in total. The first-order valence-electron chi connectivity index (χ1n) is 7.46. The van der Waals surface area contributed by atoms with Gasteiger partial charge >= 0.3 is 12.4 Å². The van der Waals surface area contributed by atoms with Gasteiger partial charge in [-0.15, -0.1) is 5.10 Å². The number of halogens is 3. The molecular formula is C15H15F3N4O2. The molecule has 0 spiro atoms. The van der Waals surface area contributed by atoms with Crippen molar-refractivity contribution in [3.05, 3.63) is 41.5 Å². The summed E-state index contributed by atoms with van der Waals surface area (Å²) in [5.74, 6) is -1.46. The second-order valence-electron chi connectivity index (χ2n) is 5.37. The molecule has 0 unspecified atom stereocenters. The van der Waals surface area contributed by atoms with E-state index in [0.717, 1.165) is 0 Å². The number of anilines is 1. The molecule has 0 bridgehead atoms. The van der Waals surface area contributed by atoms with Crippen molar-refractivity contribution < 1.29 is 22.4 Å². The number of benzene rings is 1. The van der Waals surface area contributed by atoms with Gasteiger partial charge in [0.1, 0.15) is 5.82 Å². The second kappa shape index (κ2) is 6.90. The number of carbonyl (C=O) groups is 1. The van der Waals surface area contributed by atoms with Gasteiger partial charge in [0.25, 0.3) is 11.8 Å². The van der Waals surface area contributed by atoms with E-state index in [-0.39, 0.29) is 17.5 Å². The second-order valence-corrected chi connectivity index (χ2v) is 5.37. The summed E-state index contributed by atoms with van der Waals surface area (Å²) in [6.45, 7) is 1.69. The Bertz CT molecular complexity index is 722. The van der Waals surface area contributed by atoms with E-state index in [1.54, 1.807) is 15.9 Å². The summed E-state index contributed by atoms with van der Waals surface area (Å²) in [5.41, 5.74) is 0.279. The summed E-state index contributed by atoms with van der Waals surface area (Å²) in [7, 11) is 0. The average Bonchev–Trinajstić information content (AvgIpc) is 2.93. The van der Waals surface area contributed by atoms with Gasteiger partial charge in [0.2, 0.25) is 0 Å². The van der Waals surface area contributed by atoms with Crippen molar-refractivity contribution >= 4 is 11.9 Å². The van der Waals surface area contributed by atoms with E-state index in [1.165, 1.54) is 18.2 Å². The molecule has 1 aromatic heterocycles. The van der Waals surface area contributed by atoms with E-state index in [9.17, 15) is 18.0 Å². The number of amides is 1. The Labute approximate surface area is 135 Å². The molecule has 128 valence electrons. The van der Waals surface area contributed by atoms with E-state index in [0.29, 0.717) is 32.6 Å². The summed E-state index contributed by atoms with van der Waals surface area (Å²) in [4.78, 5) is 15.7. The number of rotatable bonds is 3. The number of alkyl halides is 2. The lowest BCUT2D eigenvalue weighted by molar-refractivity contribution is 0.0766. The van der Waals surface area contributed by atoms with Gasteiger partial charge < -0.3 is 14.2 Å². The summed E-state index contributed by atoms with van der Waals surface area (Å²) in [6, 6.07) is 5.53. The highest BCUT2D eigenvalue weighted by Gasteiger charge is 2.24. The highest BCUT2D eigenvalue weighted by molar-refractivity contribution is 5.94. The molecule has 2 aromatic rings. The molecule has 1 amide bonds. The Morgan fingerprint density at radius 2 is 2.00 bits per heavy atom. The molecule has 1 fully saturated rings. The number of aromatic nitrogens is 2. The molecule has 0 saturated carbocycles. The van der Waals surface area contributed by atoms with Crippen LogP contribution in [0.3, 0.4) is 0 Å². The molecule has 1 aliphatic rings. The lowest BCUT2D eigenvalue weighted by Gasteiger charge is -2.21. The first-order chi connectivity index (χ1) is 11.5. The molecule has 9 heteroatoms. The van der Waals surface area contributed by atoms with Crippen LogP contribution in [0.15, 0.2) is 28.7 Å². The summed E-state index contributed by atoms with van der Waals surface area (Å²) in [6.07, 6.45) is -2.21. The minimum absolute atomic E-state index is 0.0188. The van der Waals surface area contributed by atoms with E-state index in [2.05, 4.69) is 10.2 Å². The Balaban J connectivity index is 1.67. The molecule has 1 aromatic carbocycles. The fourth-order valence-corrected chi connectivity index (χ4v) is 2.56. The van der Waals surface area contributed by atoms with Gasteiger partial charge in [0, 0.05) is 31.7 Å². The van der Waals surface area contributed by atoms with Crippen molar-refractivity contribution in [3.63, 3.8) is 0 Å². The predicted molar refractivity (Wildman–Crippen MR) is 78.4 cm³/mol. The van der Waals surface area contributed by atoms with Crippen molar-refractivity contribution in [3.8, 4) is 0 Å². The van der Waals surface area contributed by atoms with Gasteiger partial charge in [-0.25, -0.2) is 4.39 Å². The summed E-state index contributed by atoms with van der Waals surface area (Å²) in [5, 5.41) is 6.92. The number of carbonyl (C=O) groups excluding carboxylic acids is 1. The summed E-state index contributed by atoms with van der Waals surface area (Å²) >= 11 is 0. The van der Waals surface area contributed by atoms with E-state index in [4.69, 9.17) is 4.42 Å². The van der Waals surface area contributed by atoms with Crippen LogP contribution < -0.4 is 4.90 Å². The smallest absolute Gasteiger partial charge is 0.318 e. The predicted octanol–water partition coefficient (Wildman–Crippen LogP) is 2.50. The van der Waals surface area contributed by atoms with Crippen molar-refractivity contribution in [2.24, 2.45) is 0 Å². The number of hydrogen-bond donors (Lipinski definition) is 0. The van der Waals surface area contributed by atoms with Crippen LogP contribution in [0.25, 0.3) is 0 Å². The Kier molecular flexibility index (Phi) is 4.68. The largest absolute Gasteiger partial charge is 0.402 e. The van der Waals surface area contributed by atoms with Crippen molar-refractivity contribution in [1.29, 1.82) is 0 Å². The highest BCUT2D eigenvalue weighted by Crippen LogP contribution is 2.22. The zero-order valence-electron chi connectivity index (χ0n) is 12.7. The molecule has 1 aliphatic heterocycles. The van der Waals surface area contributed by atoms with Crippen LogP contribution in [-0.4, -0.2) is 47.2 Å². The van der Waals surface area contributed by atoms with Crippen LogP contribution in [0.1, 0.15) is 29.1 Å². The molecule has 3 rings (SSSR count). The van der Waals surface area contributed by atoms with Crippen LogP contribution in [0, 0.1) is 5.82 Å². The van der Waals surface area contributed by atoms with Gasteiger partial charge in [0.05, 0.1) is 0 Å². The van der Waals surface area contributed by atoms with Crippen molar-refractivity contribution in [2.45, 2.75) is 12.8 Å². The topological polar surface area (TPSA) is 62.5 Å². The molecule has 1 saturated heterocycles. The van der Waals surface area contributed by atoms with E-state index in [1.807, 2.05) is 0 Å². The van der Waals surface area contributed by atoms with Crippen LogP contribution in [0.2, 0.25) is 0 Å². The fraction of sp³-hybridized carbons (Fsp3) is 0.400. The highest BCUT2D eigenvalue weighted by atomic mass is 19.3. The van der Waals surface area contributed by atoms with Gasteiger partial charge in [-0.3, -0.25) is 4.79 Å². The fourth-order valence-electron chi connectivity index (χ4n) is 2.56. The standard InChI is InChI=1S/C15H15F3N4O2/c16-11-4-1-3-10(9-11)14(23)21-5-2-6-22(8-7-21)15-20-19-13(24-15)12(17)18/h1,3-4,9,12H,2,5-8H2. The third kappa shape index (κ3) is 3.50. The maximum absolute atomic E-state index is 13.3. The van der Waals surface area contributed by atoms with Crippen LogP contribution in [0.4, 0.5) is 19.2 Å². The normalized spacial score (nSPS) is 15.7. The van der Waals surface area contributed by atoms with Gasteiger partial charge in [-0.2, -0.15) is 8.78 Å². The van der Waals surface area contributed by atoms with E-state index >= 15 is 0 Å². The quantitative estimate of drug-likeness (QED) is 0.859. The zero-order chi connectivity index (χ0) is 17.1. The Morgan fingerprint density at radius 3 is 2.71 bits per heavy atom. The molecule has 24 heavy (non-hydrogen) atoms. The van der Waals surface area contributed by atoms with Crippen molar-refractivity contribution in [2.75, 3.05) is 31.1 Å². The van der Waals surface area contributed by atoms with Crippen LogP contribution in [0.5, 0.6) is 0 Å². The van der Waals surface area contributed by atoms with Crippen LogP contribution in [-0.2, 0) is 0 Å². The van der Waals surface area contributed by atoms with Gasteiger partial charge in [0.15, 0.2) is 0 Å². The maximum atomic E-state index is 13.3. The monoisotopic (exact) mass is 340 g/mol. The molecule has 0 atom stereocenters. The van der Waals surface area contributed by atoms with Gasteiger partial charge in [-0.1, -0.05) is 11.2 Å². The molecule has 0 N–H and O–H groups in total. The third-order valence-electron chi connectivity index (χ3n) is 3.74. The third-order valence-corrected chi connectivity index (χ3v) is 3.74. The number of hydrogen-bond acceptors (Lipinski definition) is 5. The summed E-state index contributed by atoms with van der Waals surface area (Å²) < 4.78 is 43.2. The molecule has 0 radical (unpaired) electrons. The number of nitrogens with zero attached hydrogens (tertiary/aromatic N) is 4. The first-order valence-corrected chi connectivity index (χ1v) is 7.46. The molecular weight excluding hydrogens is 325 g/mol. The minimum atomic E-state index is -2.82. The maximum Gasteiger partial charge on any atom is 0.318 e. The Morgan fingerprint density at radius 1 is 1.17 bits per heavy atom. The lowest BCUT2D eigenvalue weighted by Crippen LogP contribution is -2.35. The minimum Gasteiger partial charge on any atom is -0.402 e. The average molecular weight is 340 g/mol. The van der Waals surface area contributed by atoms with Crippen molar-refractivity contribution in [1.82, 2.24) is 15.1 Å². The molecule has 2 heterocycles.